The number of ether oxygens (including phenoxy) is 1. The quantitative estimate of drug-likeness (QED) is 0.569. The first kappa shape index (κ1) is 10.2. The number of hydrogen-bond acceptors (Lipinski definition) is 3. The van der Waals surface area contributed by atoms with Crippen molar-refractivity contribution in [3.63, 3.8) is 0 Å². The van der Waals surface area contributed by atoms with E-state index >= 15 is 0 Å². The van der Waals surface area contributed by atoms with E-state index in [4.69, 9.17) is 11.3 Å². The number of pyridine rings is 1. The number of fused-ring (bicyclic) bond motifs is 1. The van der Waals surface area contributed by atoms with Gasteiger partial charge in [0.2, 0.25) is 0 Å². The Morgan fingerprint density at radius 2 is 2.50 bits per heavy atom. The van der Waals surface area contributed by atoms with E-state index in [1.54, 1.807) is 29.7 Å². The minimum Gasteiger partial charge on any atom is -0.461 e. The fourth-order valence-corrected chi connectivity index (χ4v) is 1.40. The summed E-state index contributed by atoms with van der Waals surface area (Å²) in [4.78, 5) is 18.9. The maximum Gasteiger partial charge on any atom is 0.356 e. The van der Waals surface area contributed by atoms with Crippen molar-refractivity contribution in [2.24, 2.45) is 0 Å². The number of carbonyl (C=O) groups excluding carboxylic acids is 1. The summed E-state index contributed by atoms with van der Waals surface area (Å²) in [7, 11) is 0. The number of esters is 1. The second kappa shape index (κ2) is 4.03. The Hall–Kier alpha value is -2.35. The lowest BCUT2D eigenvalue weighted by Gasteiger charge is -2.01. The third kappa shape index (κ3) is 1.61. The molecule has 0 saturated heterocycles. The topological polar surface area (TPSA) is 48.0 Å². The zero-order valence-electron chi connectivity index (χ0n) is 8.67. The van der Waals surface area contributed by atoms with Gasteiger partial charge in [-0.1, -0.05) is 0 Å². The van der Waals surface area contributed by atoms with E-state index in [0.717, 1.165) is 0 Å². The first-order chi connectivity index (χ1) is 7.76. The van der Waals surface area contributed by atoms with Gasteiger partial charge >= 0.3 is 5.97 Å². The van der Waals surface area contributed by atoms with Gasteiger partial charge < -0.3 is 4.74 Å². The second-order valence-corrected chi connectivity index (χ2v) is 3.09. The van der Waals surface area contributed by atoms with Crippen molar-refractivity contribution in [1.29, 1.82) is 0 Å². The highest BCUT2D eigenvalue weighted by Crippen LogP contribution is 2.16. The summed E-state index contributed by atoms with van der Waals surface area (Å²) in [6.07, 6.45) is 3.09. The minimum atomic E-state index is -0.412. The first-order valence-corrected chi connectivity index (χ1v) is 4.78. The van der Waals surface area contributed by atoms with E-state index in [0.29, 0.717) is 23.6 Å². The van der Waals surface area contributed by atoms with Crippen molar-refractivity contribution in [1.82, 2.24) is 9.38 Å². The lowest BCUT2D eigenvalue weighted by molar-refractivity contribution is 0.0518. The molecule has 0 saturated carbocycles. The Balaban J connectivity index is 2.50. The molecule has 2 heterocycles. The van der Waals surface area contributed by atoms with Gasteiger partial charge in [0, 0.05) is 6.20 Å². The molecule has 2 aromatic rings. The van der Waals surface area contributed by atoms with Gasteiger partial charge in [-0.3, -0.25) is 4.40 Å². The van der Waals surface area contributed by atoms with Gasteiger partial charge in [0.15, 0.2) is 11.4 Å². The number of carbonyl (C=O) groups is 1. The summed E-state index contributed by atoms with van der Waals surface area (Å²) in [5.74, 6) is -0.412. The average Bonchev–Trinajstić information content (AvgIpc) is 2.71. The van der Waals surface area contributed by atoms with Crippen LogP contribution in [0.1, 0.15) is 17.4 Å². The molecule has 2 rings (SSSR count). The maximum atomic E-state index is 11.5. The molecule has 5 nitrogen and oxygen atoms in total. The molecule has 0 amide bonds. The van der Waals surface area contributed by atoms with Crippen LogP contribution in [-0.2, 0) is 4.74 Å². The largest absolute Gasteiger partial charge is 0.461 e. The molecule has 0 aliphatic heterocycles. The highest BCUT2D eigenvalue weighted by atomic mass is 16.5. The van der Waals surface area contributed by atoms with Crippen molar-refractivity contribution in [2.45, 2.75) is 6.92 Å². The number of hydrogen-bond donors (Lipinski definition) is 0. The Labute approximate surface area is 92.1 Å². The average molecular weight is 215 g/mol. The molecule has 0 fully saturated rings. The van der Waals surface area contributed by atoms with Crippen molar-refractivity contribution in [2.75, 3.05) is 6.61 Å². The summed E-state index contributed by atoms with van der Waals surface area (Å²) in [6.45, 7) is 8.95. The molecule has 0 spiro atoms. The van der Waals surface area contributed by atoms with Crippen LogP contribution < -0.4 is 0 Å². The van der Waals surface area contributed by atoms with Crippen LogP contribution in [0.15, 0.2) is 24.5 Å². The fraction of sp³-hybridized carbons (Fsp3) is 0.182. The van der Waals surface area contributed by atoms with Gasteiger partial charge in [-0.25, -0.2) is 14.6 Å². The van der Waals surface area contributed by atoms with Crippen LogP contribution in [-0.4, -0.2) is 22.0 Å². The van der Waals surface area contributed by atoms with Crippen LogP contribution in [0, 0.1) is 6.57 Å². The van der Waals surface area contributed by atoms with E-state index in [-0.39, 0.29) is 0 Å². The van der Waals surface area contributed by atoms with Crippen molar-refractivity contribution >= 4 is 17.3 Å². The van der Waals surface area contributed by atoms with E-state index in [9.17, 15) is 4.79 Å². The zero-order valence-corrected chi connectivity index (χ0v) is 8.67. The van der Waals surface area contributed by atoms with Crippen molar-refractivity contribution in [3.8, 4) is 0 Å². The molecule has 0 unspecified atom stereocenters. The normalized spacial score (nSPS) is 10.0. The molecule has 0 N–H and O–H groups in total. The summed E-state index contributed by atoms with van der Waals surface area (Å²) < 4.78 is 6.49. The van der Waals surface area contributed by atoms with E-state index in [1.165, 1.54) is 6.20 Å². The zero-order chi connectivity index (χ0) is 11.5. The number of rotatable bonds is 2. The third-order valence-corrected chi connectivity index (χ3v) is 2.11. The first-order valence-electron chi connectivity index (χ1n) is 4.78. The third-order valence-electron chi connectivity index (χ3n) is 2.11. The Bertz CT molecular complexity index is 580. The highest BCUT2D eigenvalue weighted by Gasteiger charge is 2.12. The predicted molar refractivity (Wildman–Crippen MR) is 57.4 cm³/mol. The molecule has 0 aliphatic rings. The highest BCUT2D eigenvalue weighted by molar-refractivity contribution is 5.88. The Morgan fingerprint density at radius 3 is 3.19 bits per heavy atom. The van der Waals surface area contributed by atoms with Crippen LogP contribution in [0.5, 0.6) is 0 Å². The van der Waals surface area contributed by atoms with Crippen LogP contribution >= 0.6 is 0 Å². The molecular formula is C11H9N3O2. The Morgan fingerprint density at radius 1 is 1.69 bits per heavy atom. The van der Waals surface area contributed by atoms with E-state index in [1.807, 2.05) is 0 Å². The van der Waals surface area contributed by atoms with Crippen molar-refractivity contribution < 1.29 is 9.53 Å². The van der Waals surface area contributed by atoms with E-state index < -0.39 is 5.97 Å². The van der Waals surface area contributed by atoms with Crippen LogP contribution in [0.4, 0.5) is 5.69 Å². The summed E-state index contributed by atoms with van der Waals surface area (Å²) in [5.41, 5.74) is 1.43. The molecule has 0 bridgehead atoms. The standard InChI is InChI=1S/C11H9N3O2/c1-3-16-11(15)9-7-13-10-6-8(12-2)4-5-14(9)10/h4-7H,3H2,1H3. The maximum absolute atomic E-state index is 11.5. The van der Waals surface area contributed by atoms with Gasteiger partial charge in [-0.05, 0) is 19.1 Å². The molecular weight excluding hydrogens is 206 g/mol. The van der Waals surface area contributed by atoms with E-state index in [2.05, 4.69) is 9.83 Å². The second-order valence-electron chi connectivity index (χ2n) is 3.09. The molecule has 16 heavy (non-hydrogen) atoms. The lowest BCUT2D eigenvalue weighted by atomic mass is 10.4. The van der Waals surface area contributed by atoms with Gasteiger partial charge in [0.05, 0.1) is 19.4 Å². The smallest absolute Gasteiger partial charge is 0.356 e. The van der Waals surface area contributed by atoms with Crippen molar-refractivity contribution in [3.05, 3.63) is 41.6 Å². The molecule has 0 aliphatic carbocycles. The molecule has 5 heteroatoms. The summed E-state index contributed by atoms with van der Waals surface area (Å²) >= 11 is 0. The SMILES string of the molecule is [C-]#[N+]c1ccn2c(C(=O)OCC)cnc2c1. The molecule has 0 radical (unpaired) electrons. The fourth-order valence-electron chi connectivity index (χ4n) is 1.40. The molecule has 0 atom stereocenters. The van der Waals surface area contributed by atoms with Gasteiger partial charge in [-0.15, -0.1) is 0 Å². The van der Waals surface area contributed by atoms with Gasteiger partial charge in [0.25, 0.3) is 0 Å². The number of imidazole rings is 1. The minimum absolute atomic E-state index is 0.326. The monoisotopic (exact) mass is 215 g/mol. The summed E-state index contributed by atoms with van der Waals surface area (Å²) in [5, 5.41) is 0. The lowest BCUT2D eigenvalue weighted by Crippen LogP contribution is -2.07. The van der Waals surface area contributed by atoms with Gasteiger partial charge in [0.1, 0.15) is 5.65 Å². The summed E-state index contributed by atoms with van der Waals surface area (Å²) in [6, 6.07) is 3.25. The van der Waals surface area contributed by atoms with Crippen LogP contribution in [0.2, 0.25) is 0 Å². The molecule has 2 aromatic heterocycles. The molecule has 80 valence electrons. The number of aromatic nitrogens is 2. The van der Waals surface area contributed by atoms with Gasteiger partial charge in [-0.2, -0.15) is 0 Å². The molecule has 0 aromatic carbocycles. The number of nitrogens with zero attached hydrogens (tertiary/aromatic N) is 3. The van der Waals surface area contributed by atoms with Crippen LogP contribution in [0.3, 0.4) is 0 Å². The van der Waals surface area contributed by atoms with Crippen LogP contribution in [0.25, 0.3) is 10.5 Å². The Kier molecular flexibility index (Phi) is 2.56. The predicted octanol–water partition coefficient (Wildman–Crippen LogP) is 2.06.